The number of nitrogens with zero attached hydrogens (tertiary/aromatic N) is 1. The lowest BCUT2D eigenvalue weighted by atomic mass is 10.2. The Morgan fingerprint density at radius 3 is 2.20 bits per heavy atom. The van der Waals surface area contributed by atoms with Crippen molar-refractivity contribution in [2.75, 3.05) is 13.1 Å². The number of benzene rings is 1. The summed E-state index contributed by atoms with van der Waals surface area (Å²) < 4.78 is 1.63. The van der Waals surface area contributed by atoms with Crippen LogP contribution in [0.15, 0.2) is 24.3 Å². The van der Waals surface area contributed by atoms with Crippen LogP contribution in [0.1, 0.15) is 19.4 Å². The molecule has 1 aromatic rings. The van der Waals surface area contributed by atoms with Gasteiger partial charge in [-0.25, -0.2) is 0 Å². The van der Waals surface area contributed by atoms with Crippen molar-refractivity contribution in [2.24, 2.45) is 0 Å². The molecule has 0 unspecified atom stereocenters. The van der Waals surface area contributed by atoms with E-state index in [0.29, 0.717) is 0 Å². The fourth-order valence-electron chi connectivity index (χ4n) is 1.93. The number of hydrogen-bond acceptors (Lipinski definition) is 1. The Morgan fingerprint density at radius 1 is 1.07 bits per heavy atom. The topological polar surface area (TPSA) is 3.24 Å². The second kappa shape index (κ2) is 6.33. The van der Waals surface area contributed by atoms with Gasteiger partial charge in [-0.1, -0.05) is 38.1 Å². The maximum absolute atomic E-state index is 2.48. The van der Waals surface area contributed by atoms with Crippen LogP contribution in [0.25, 0.3) is 0 Å². The van der Waals surface area contributed by atoms with Crippen molar-refractivity contribution in [3.8, 4) is 0 Å². The van der Waals surface area contributed by atoms with Crippen LogP contribution < -0.4 is 4.43 Å². The predicted molar refractivity (Wildman–Crippen MR) is 70.2 cm³/mol. The molecule has 82 valence electrons. The van der Waals surface area contributed by atoms with Crippen LogP contribution in [0, 0.1) is 0 Å². The highest BCUT2D eigenvalue weighted by molar-refractivity contribution is 6.71. The van der Waals surface area contributed by atoms with E-state index in [4.69, 9.17) is 0 Å². The fraction of sp³-hybridized carbons (Fsp3) is 0.538. The largest absolute Gasteiger partial charge is 0.300 e. The van der Waals surface area contributed by atoms with Gasteiger partial charge in [-0.2, -0.15) is 0 Å². The molecule has 0 saturated carbocycles. The first kappa shape index (κ1) is 12.8. The highest BCUT2D eigenvalue weighted by atomic mass is 27.2. The van der Waals surface area contributed by atoms with Gasteiger partial charge in [0, 0.05) is 6.54 Å². The Morgan fingerprint density at radius 2 is 1.67 bits per heavy atom. The summed E-state index contributed by atoms with van der Waals surface area (Å²) in [6, 6.07) is 8.95. The van der Waals surface area contributed by atoms with Gasteiger partial charge >= 0.3 is 0 Å². The van der Waals surface area contributed by atoms with E-state index in [1.165, 1.54) is 0 Å². The number of hydrogen-bond donors (Lipinski definition) is 0. The fourth-order valence-corrected chi connectivity index (χ4v) is 3.35. The van der Waals surface area contributed by atoms with E-state index in [1.807, 2.05) is 0 Å². The third-order valence-electron chi connectivity index (χ3n) is 2.97. The Balaban J connectivity index is 2.83. The van der Waals surface area contributed by atoms with E-state index in [2.05, 4.69) is 54.6 Å². The first-order valence-corrected chi connectivity index (χ1v) is 8.87. The van der Waals surface area contributed by atoms with Crippen LogP contribution >= 0.6 is 0 Å². The molecule has 0 spiro atoms. The third kappa shape index (κ3) is 3.65. The lowest BCUT2D eigenvalue weighted by Gasteiger charge is -2.20. The van der Waals surface area contributed by atoms with Gasteiger partial charge in [-0.05, 0) is 18.7 Å². The molecule has 0 aromatic heterocycles. The summed E-state index contributed by atoms with van der Waals surface area (Å²) >= 11 is -0.676. The average molecular weight is 219 g/mol. The maximum Gasteiger partial charge on any atom is 0.299 e. The molecular weight excluding hydrogens is 197 g/mol. The summed E-state index contributed by atoms with van der Waals surface area (Å²) in [5.74, 6) is 4.81. The standard InChI is InChI=1S/C11H16N.2CH3.Al/c1-3-12(4-2)10-11-8-6-5-7-9-11;;;/h5-8H,3-4,10H2,1-2H3;2*1H3;. The van der Waals surface area contributed by atoms with Gasteiger partial charge in [0.2, 0.25) is 0 Å². The van der Waals surface area contributed by atoms with Crippen LogP contribution in [0.2, 0.25) is 11.6 Å². The predicted octanol–water partition coefficient (Wildman–Crippen LogP) is 2.49. The van der Waals surface area contributed by atoms with Crippen LogP contribution in [-0.4, -0.2) is 32.1 Å². The first-order valence-electron chi connectivity index (χ1n) is 5.99. The average Bonchev–Trinajstić information content (AvgIpc) is 2.26. The zero-order valence-corrected chi connectivity index (χ0v) is 11.6. The molecule has 2 heteroatoms. The minimum atomic E-state index is -0.676. The second-order valence-electron chi connectivity index (χ2n) is 4.31. The van der Waals surface area contributed by atoms with Crippen molar-refractivity contribution in [3.63, 3.8) is 0 Å². The molecule has 1 rings (SSSR count). The van der Waals surface area contributed by atoms with Gasteiger partial charge in [0.1, 0.15) is 0 Å². The maximum atomic E-state index is 2.48. The molecule has 0 heterocycles. The Bertz CT molecular complexity index is 292. The molecule has 0 aliphatic rings. The van der Waals surface area contributed by atoms with Gasteiger partial charge in [-0.15, -0.1) is 16.0 Å². The van der Waals surface area contributed by atoms with Crippen molar-refractivity contribution in [1.29, 1.82) is 0 Å². The minimum Gasteiger partial charge on any atom is -0.300 e. The summed E-state index contributed by atoms with van der Waals surface area (Å²) in [5.41, 5.74) is 1.54. The lowest BCUT2D eigenvalue weighted by Crippen LogP contribution is -2.31. The minimum absolute atomic E-state index is 0.676. The van der Waals surface area contributed by atoms with E-state index in [0.717, 1.165) is 19.6 Å². The van der Waals surface area contributed by atoms with Crippen LogP contribution in [0.4, 0.5) is 0 Å². The number of rotatable bonds is 5. The van der Waals surface area contributed by atoms with Gasteiger partial charge in [0.25, 0.3) is 14.1 Å². The molecule has 0 aliphatic heterocycles. The highest BCUT2D eigenvalue weighted by Crippen LogP contribution is 2.03. The van der Waals surface area contributed by atoms with Crippen molar-refractivity contribution in [3.05, 3.63) is 29.8 Å². The van der Waals surface area contributed by atoms with Crippen LogP contribution in [0.3, 0.4) is 0 Å². The van der Waals surface area contributed by atoms with Crippen LogP contribution in [-0.2, 0) is 6.54 Å². The SMILES string of the molecule is CCN(CC)Cc1cccc[c]1[Al]([CH3])[CH3]. The molecule has 0 amide bonds. The second-order valence-corrected chi connectivity index (χ2v) is 7.25. The molecule has 1 nitrogen and oxygen atoms in total. The molecular formula is C13H22AlN. The van der Waals surface area contributed by atoms with Gasteiger partial charge < -0.3 is 0 Å². The molecule has 0 bridgehead atoms. The summed E-state index contributed by atoms with van der Waals surface area (Å²) in [6.07, 6.45) is 0. The zero-order valence-electron chi connectivity index (χ0n) is 10.5. The van der Waals surface area contributed by atoms with E-state index in [-0.39, 0.29) is 0 Å². The molecule has 0 atom stereocenters. The normalized spacial score (nSPS) is 10.7. The van der Waals surface area contributed by atoms with Crippen molar-refractivity contribution in [1.82, 2.24) is 4.90 Å². The molecule has 0 N–H and O–H groups in total. The van der Waals surface area contributed by atoms with E-state index >= 15 is 0 Å². The summed E-state index contributed by atoms with van der Waals surface area (Å²) in [5, 5.41) is 0. The Kier molecular flexibility index (Phi) is 5.39. The molecule has 0 fully saturated rings. The molecule has 0 aliphatic carbocycles. The third-order valence-corrected chi connectivity index (χ3v) is 4.77. The van der Waals surface area contributed by atoms with Crippen molar-refractivity contribution >= 4 is 18.6 Å². The van der Waals surface area contributed by atoms with E-state index in [9.17, 15) is 0 Å². The monoisotopic (exact) mass is 219 g/mol. The van der Waals surface area contributed by atoms with Crippen molar-refractivity contribution < 1.29 is 0 Å². The van der Waals surface area contributed by atoms with E-state index < -0.39 is 14.1 Å². The molecule has 0 saturated heterocycles. The molecule has 0 radical (unpaired) electrons. The van der Waals surface area contributed by atoms with Gasteiger partial charge in [0.05, 0.1) is 0 Å². The smallest absolute Gasteiger partial charge is 0.299 e. The van der Waals surface area contributed by atoms with Crippen LogP contribution in [0.5, 0.6) is 0 Å². The first-order chi connectivity index (χ1) is 7.19. The van der Waals surface area contributed by atoms with Gasteiger partial charge in [-0.3, -0.25) is 4.90 Å². The summed E-state index contributed by atoms with van der Waals surface area (Å²) in [4.78, 5) is 2.48. The lowest BCUT2D eigenvalue weighted by molar-refractivity contribution is 0.296. The highest BCUT2D eigenvalue weighted by Gasteiger charge is 2.11. The molecule has 15 heavy (non-hydrogen) atoms. The Labute approximate surface area is 98.5 Å². The molecule has 1 aromatic carbocycles. The van der Waals surface area contributed by atoms with E-state index in [1.54, 1.807) is 9.99 Å². The quantitative estimate of drug-likeness (QED) is 0.688. The zero-order chi connectivity index (χ0) is 11.3. The summed E-state index contributed by atoms with van der Waals surface area (Å²) in [7, 11) is 0. The Hall–Kier alpha value is -0.288. The van der Waals surface area contributed by atoms with Gasteiger partial charge in [0.15, 0.2) is 0 Å². The van der Waals surface area contributed by atoms with Crippen molar-refractivity contribution in [2.45, 2.75) is 32.0 Å². The summed E-state index contributed by atoms with van der Waals surface area (Å²) in [6.45, 7) is 7.88.